The van der Waals surface area contributed by atoms with Gasteiger partial charge in [0.15, 0.2) is 0 Å². The lowest BCUT2D eigenvalue weighted by atomic mass is 9.72. The summed E-state index contributed by atoms with van der Waals surface area (Å²) in [7, 11) is 0. The average Bonchev–Trinajstić information content (AvgIpc) is 2.80. The molecule has 0 radical (unpaired) electrons. The van der Waals surface area contributed by atoms with E-state index in [0.29, 0.717) is 34.9 Å². The van der Waals surface area contributed by atoms with Gasteiger partial charge < -0.3 is 11.1 Å². The van der Waals surface area contributed by atoms with Gasteiger partial charge in [-0.3, -0.25) is 4.99 Å². The molecule has 5 heteroatoms. The molecule has 1 unspecified atom stereocenters. The van der Waals surface area contributed by atoms with Crippen LogP contribution >= 0.6 is 11.6 Å². The standard InChI is InChI=1S/C28H33ClFN3/c1-4-5-26(20(3)33-28-15-10-23(29)18-27(28)31)22-8-6-21(7-9-22)19(2)16-17-32-25-13-11-24(30)12-14-25/h4,10-13,15-18,21-22,26,33H,1-3,5-9,14,31H2/b17-16-,32-25-. The topological polar surface area (TPSA) is 50.4 Å². The van der Waals surface area contributed by atoms with E-state index in [9.17, 15) is 4.39 Å². The van der Waals surface area contributed by atoms with Gasteiger partial charge in [0.25, 0.3) is 0 Å². The SMILES string of the molecule is C=CCC(C(=C)Nc1ccc(Cl)cc1N)C1CCC(C(=C)/C=C\N=C2\C=CC(F)=CC2)CC1. The van der Waals surface area contributed by atoms with Crippen LogP contribution in [0.4, 0.5) is 15.8 Å². The second kappa shape index (κ2) is 11.9. The van der Waals surface area contributed by atoms with E-state index in [1.54, 1.807) is 18.3 Å². The minimum atomic E-state index is -0.205. The maximum atomic E-state index is 13.0. The number of nitrogens with zero attached hydrogens (tertiary/aromatic N) is 1. The van der Waals surface area contributed by atoms with Crippen LogP contribution in [0, 0.1) is 17.8 Å². The Kier molecular flexibility index (Phi) is 8.90. The number of nitrogens with one attached hydrogen (secondary N) is 1. The van der Waals surface area contributed by atoms with Crippen LogP contribution in [0.25, 0.3) is 0 Å². The van der Waals surface area contributed by atoms with E-state index < -0.39 is 0 Å². The Morgan fingerprint density at radius 3 is 2.64 bits per heavy atom. The maximum absolute atomic E-state index is 13.0. The number of anilines is 2. The molecule has 3 nitrogen and oxygen atoms in total. The average molecular weight is 466 g/mol. The molecule has 1 fully saturated rings. The highest BCUT2D eigenvalue weighted by Gasteiger charge is 2.29. The molecule has 33 heavy (non-hydrogen) atoms. The summed E-state index contributed by atoms with van der Waals surface area (Å²) in [6.07, 6.45) is 16.2. The van der Waals surface area contributed by atoms with Crippen molar-refractivity contribution in [1.82, 2.24) is 0 Å². The van der Waals surface area contributed by atoms with Crippen LogP contribution in [0.1, 0.15) is 38.5 Å². The lowest BCUT2D eigenvalue weighted by Gasteiger charge is -2.35. The van der Waals surface area contributed by atoms with Crippen molar-refractivity contribution in [3.63, 3.8) is 0 Å². The zero-order valence-corrected chi connectivity index (χ0v) is 19.8. The first kappa shape index (κ1) is 24.8. The monoisotopic (exact) mass is 465 g/mol. The number of halogens is 2. The fourth-order valence-corrected chi connectivity index (χ4v) is 4.76. The number of hydrogen-bond donors (Lipinski definition) is 2. The molecule has 1 aromatic carbocycles. The Morgan fingerprint density at radius 1 is 1.24 bits per heavy atom. The van der Waals surface area contributed by atoms with Crippen molar-refractivity contribution in [2.75, 3.05) is 11.1 Å². The minimum Gasteiger partial charge on any atom is -0.397 e. The Bertz CT molecular complexity index is 1010. The molecule has 0 amide bonds. The molecule has 3 N–H and O–H groups in total. The van der Waals surface area contributed by atoms with Gasteiger partial charge in [-0.1, -0.05) is 36.4 Å². The molecular weight excluding hydrogens is 433 g/mol. The maximum Gasteiger partial charge on any atom is 0.119 e. The van der Waals surface area contributed by atoms with Crippen LogP contribution in [-0.2, 0) is 0 Å². The van der Waals surface area contributed by atoms with Gasteiger partial charge in [0.2, 0.25) is 0 Å². The van der Waals surface area contributed by atoms with Crippen molar-refractivity contribution in [2.45, 2.75) is 38.5 Å². The largest absolute Gasteiger partial charge is 0.397 e. The quantitative estimate of drug-likeness (QED) is 0.219. The van der Waals surface area contributed by atoms with Gasteiger partial charge in [-0.25, -0.2) is 4.39 Å². The lowest BCUT2D eigenvalue weighted by Crippen LogP contribution is -2.25. The van der Waals surface area contributed by atoms with Crippen molar-refractivity contribution in [2.24, 2.45) is 22.7 Å². The fraction of sp³-hybridized carbons (Fsp3) is 0.321. The second-order valence-electron chi connectivity index (χ2n) is 8.76. The van der Waals surface area contributed by atoms with Gasteiger partial charge in [0.1, 0.15) is 5.83 Å². The second-order valence-corrected chi connectivity index (χ2v) is 9.20. The number of nitrogens with two attached hydrogens (primary N) is 1. The molecule has 0 spiro atoms. The van der Waals surface area contributed by atoms with E-state index in [1.165, 1.54) is 12.2 Å². The highest BCUT2D eigenvalue weighted by atomic mass is 35.5. The highest BCUT2D eigenvalue weighted by molar-refractivity contribution is 6.31. The summed E-state index contributed by atoms with van der Waals surface area (Å²) in [4.78, 5) is 4.42. The van der Waals surface area contributed by atoms with Crippen molar-refractivity contribution < 1.29 is 4.39 Å². The number of nitrogen functional groups attached to an aromatic ring is 1. The molecule has 0 aromatic heterocycles. The first-order valence-electron chi connectivity index (χ1n) is 11.4. The predicted molar refractivity (Wildman–Crippen MR) is 141 cm³/mol. The molecule has 2 aliphatic rings. The molecule has 0 bridgehead atoms. The Morgan fingerprint density at radius 2 is 2.00 bits per heavy atom. The molecule has 3 rings (SSSR count). The molecule has 0 heterocycles. The smallest absolute Gasteiger partial charge is 0.119 e. The van der Waals surface area contributed by atoms with Gasteiger partial charge in [0.05, 0.1) is 11.4 Å². The number of benzene rings is 1. The minimum absolute atomic E-state index is 0.205. The van der Waals surface area contributed by atoms with E-state index in [4.69, 9.17) is 17.3 Å². The first-order valence-corrected chi connectivity index (χ1v) is 11.8. The molecule has 0 saturated heterocycles. The van der Waals surface area contributed by atoms with Gasteiger partial charge in [-0.05, 0) is 86.4 Å². The predicted octanol–water partition coefficient (Wildman–Crippen LogP) is 8.17. The number of hydrogen-bond acceptors (Lipinski definition) is 3. The number of aliphatic imine (C=N–C) groups is 1. The van der Waals surface area contributed by atoms with Crippen molar-refractivity contribution in [3.8, 4) is 0 Å². The van der Waals surface area contributed by atoms with Crippen LogP contribution in [0.2, 0.25) is 5.02 Å². The van der Waals surface area contributed by atoms with E-state index in [-0.39, 0.29) is 5.83 Å². The normalized spacial score (nSPS) is 22.7. The summed E-state index contributed by atoms with van der Waals surface area (Å²) in [5, 5.41) is 4.03. The van der Waals surface area contributed by atoms with Gasteiger partial charge in [-0.15, -0.1) is 6.58 Å². The third kappa shape index (κ3) is 7.06. The fourth-order valence-electron chi connectivity index (χ4n) is 4.58. The van der Waals surface area contributed by atoms with Crippen molar-refractivity contribution >= 4 is 28.7 Å². The molecule has 2 aliphatic carbocycles. The molecular formula is C28H33ClFN3. The third-order valence-electron chi connectivity index (χ3n) is 6.51. The van der Waals surface area contributed by atoms with E-state index in [2.05, 4.69) is 30.0 Å². The molecule has 174 valence electrons. The summed E-state index contributed by atoms with van der Waals surface area (Å²) in [6, 6.07) is 5.46. The Hall–Kier alpha value is -2.85. The van der Waals surface area contributed by atoms with Crippen LogP contribution in [0.5, 0.6) is 0 Å². The van der Waals surface area contributed by atoms with Crippen LogP contribution in [0.15, 0.2) is 96.6 Å². The molecule has 1 aromatic rings. The van der Waals surface area contributed by atoms with Crippen molar-refractivity contribution in [3.05, 3.63) is 96.6 Å². The van der Waals surface area contributed by atoms with Gasteiger partial charge in [0, 0.05) is 35.0 Å². The zero-order chi connectivity index (χ0) is 23.8. The molecule has 1 atom stereocenters. The number of rotatable bonds is 9. The summed E-state index contributed by atoms with van der Waals surface area (Å²) < 4.78 is 13.0. The Balaban J connectivity index is 1.54. The van der Waals surface area contributed by atoms with Crippen LogP contribution in [-0.4, -0.2) is 5.71 Å². The summed E-state index contributed by atoms with van der Waals surface area (Å²) >= 11 is 6.02. The van der Waals surface area contributed by atoms with Gasteiger partial charge in [-0.2, -0.15) is 0 Å². The highest BCUT2D eigenvalue weighted by Crippen LogP contribution is 2.40. The Labute approximate surface area is 202 Å². The van der Waals surface area contributed by atoms with Gasteiger partial charge >= 0.3 is 0 Å². The third-order valence-corrected chi connectivity index (χ3v) is 6.75. The van der Waals surface area contributed by atoms with Crippen molar-refractivity contribution in [1.29, 1.82) is 0 Å². The van der Waals surface area contributed by atoms with Crippen LogP contribution in [0.3, 0.4) is 0 Å². The van der Waals surface area contributed by atoms with E-state index in [0.717, 1.165) is 54.8 Å². The zero-order valence-electron chi connectivity index (χ0n) is 19.1. The van der Waals surface area contributed by atoms with E-state index in [1.807, 2.05) is 24.3 Å². The summed E-state index contributed by atoms with van der Waals surface area (Å²) in [6.45, 7) is 12.6. The molecule has 0 aliphatic heterocycles. The lowest BCUT2D eigenvalue weighted by molar-refractivity contribution is 0.244. The number of allylic oxidation sites excluding steroid dienone is 8. The summed E-state index contributed by atoms with van der Waals surface area (Å²) in [5.41, 5.74) is 10.5. The molecule has 1 saturated carbocycles. The van der Waals surface area contributed by atoms with Crippen LogP contribution < -0.4 is 11.1 Å². The first-order chi connectivity index (χ1) is 15.9. The summed E-state index contributed by atoms with van der Waals surface area (Å²) in [5.74, 6) is 1.07. The van der Waals surface area contributed by atoms with E-state index >= 15 is 0 Å².